The summed E-state index contributed by atoms with van der Waals surface area (Å²) in [6.07, 6.45) is 0. The summed E-state index contributed by atoms with van der Waals surface area (Å²) in [5.74, 6) is -0.0952. The zero-order valence-electron chi connectivity index (χ0n) is 11.4. The molecule has 2 rings (SSSR count). The first kappa shape index (κ1) is 15.2. The van der Waals surface area contributed by atoms with E-state index >= 15 is 0 Å². The second kappa shape index (κ2) is 7.03. The van der Waals surface area contributed by atoms with E-state index in [4.69, 9.17) is 4.74 Å². The molecule has 7 heteroatoms. The molecule has 2 N–H and O–H groups in total. The molecule has 1 aromatic carbocycles. The summed E-state index contributed by atoms with van der Waals surface area (Å²) in [6, 6.07) is 8.90. The van der Waals surface area contributed by atoms with Gasteiger partial charge >= 0.3 is 12.0 Å². The summed E-state index contributed by atoms with van der Waals surface area (Å²) < 4.78 is 5.35. The van der Waals surface area contributed by atoms with E-state index in [0.717, 1.165) is 10.8 Å². The van der Waals surface area contributed by atoms with E-state index in [0.29, 0.717) is 10.4 Å². The van der Waals surface area contributed by atoms with Gasteiger partial charge in [0.1, 0.15) is 17.0 Å². The van der Waals surface area contributed by atoms with Gasteiger partial charge in [-0.05, 0) is 34.3 Å². The van der Waals surface area contributed by atoms with Crippen molar-refractivity contribution in [3.05, 3.63) is 34.9 Å². The highest BCUT2D eigenvalue weighted by atomic mass is 79.9. The molecule has 0 radical (unpaired) electrons. The number of rotatable bonds is 4. The fourth-order valence-electron chi connectivity index (χ4n) is 1.75. The van der Waals surface area contributed by atoms with Crippen LogP contribution in [0.2, 0.25) is 0 Å². The van der Waals surface area contributed by atoms with Gasteiger partial charge in [-0.2, -0.15) is 0 Å². The largest absolute Gasteiger partial charge is 0.465 e. The van der Waals surface area contributed by atoms with Gasteiger partial charge in [-0.1, -0.05) is 24.3 Å². The molecule has 2 aromatic rings. The van der Waals surface area contributed by atoms with Gasteiger partial charge in [0.15, 0.2) is 0 Å². The van der Waals surface area contributed by atoms with E-state index in [1.54, 1.807) is 13.0 Å². The van der Waals surface area contributed by atoms with Crippen molar-refractivity contribution in [1.82, 2.24) is 10.3 Å². The Morgan fingerprint density at radius 3 is 2.86 bits per heavy atom. The van der Waals surface area contributed by atoms with Gasteiger partial charge in [0.05, 0.1) is 6.61 Å². The van der Waals surface area contributed by atoms with Gasteiger partial charge in [0.2, 0.25) is 0 Å². The molecule has 0 unspecified atom stereocenters. The number of benzene rings is 1. The van der Waals surface area contributed by atoms with Crippen molar-refractivity contribution in [3.63, 3.8) is 0 Å². The maximum atomic E-state index is 11.7. The van der Waals surface area contributed by atoms with Crippen molar-refractivity contribution in [2.75, 3.05) is 18.5 Å². The quantitative estimate of drug-likeness (QED) is 0.655. The molecule has 0 saturated heterocycles. The number of halogens is 1. The van der Waals surface area contributed by atoms with Crippen LogP contribution < -0.4 is 10.6 Å². The number of nitrogens with one attached hydrogen (secondary N) is 2. The smallest absolute Gasteiger partial charge is 0.325 e. The number of carbonyl (C=O) groups excluding carboxylic acids is 2. The number of amides is 2. The van der Waals surface area contributed by atoms with Gasteiger partial charge in [-0.15, -0.1) is 0 Å². The first-order chi connectivity index (χ1) is 10.1. The standard InChI is InChI=1S/C14H14BrN3O3/c1-2-21-12(19)8-16-14(20)18-11-7-9-5-3-4-6-10(9)13(15)17-11/h3-7H,2,8H2,1H3,(H2,16,17,18,20). The number of anilines is 1. The summed E-state index contributed by atoms with van der Waals surface area (Å²) in [5, 5.41) is 6.87. The van der Waals surface area contributed by atoms with Crippen LogP contribution in [0.4, 0.5) is 10.6 Å². The lowest BCUT2D eigenvalue weighted by Gasteiger charge is -2.08. The number of nitrogens with zero attached hydrogens (tertiary/aromatic N) is 1. The van der Waals surface area contributed by atoms with Crippen LogP contribution in [0.25, 0.3) is 10.8 Å². The third-order valence-electron chi connectivity index (χ3n) is 2.63. The van der Waals surface area contributed by atoms with Crippen LogP contribution in [0.3, 0.4) is 0 Å². The van der Waals surface area contributed by atoms with E-state index < -0.39 is 12.0 Å². The molecule has 110 valence electrons. The summed E-state index contributed by atoms with van der Waals surface area (Å²) in [4.78, 5) is 27.1. The van der Waals surface area contributed by atoms with Gasteiger partial charge in [-0.3, -0.25) is 10.1 Å². The highest BCUT2D eigenvalue weighted by molar-refractivity contribution is 9.10. The fraction of sp³-hybridized carbons (Fsp3) is 0.214. The minimum absolute atomic E-state index is 0.186. The number of urea groups is 1. The minimum Gasteiger partial charge on any atom is -0.465 e. The number of fused-ring (bicyclic) bond motifs is 1. The van der Waals surface area contributed by atoms with Crippen LogP contribution >= 0.6 is 15.9 Å². The molecule has 2 amide bonds. The third-order valence-corrected chi connectivity index (χ3v) is 3.24. The molecule has 0 fully saturated rings. The van der Waals surface area contributed by atoms with E-state index in [9.17, 15) is 9.59 Å². The monoisotopic (exact) mass is 351 g/mol. The van der Waals surface area contributed by atoms with Crippen molar-refractivity contribution in [1.29, 1.82) is 0 Å². The zero-order valence-corrected chi connectivity index (χ0v) is 12.9. The van der Waals surface area contributed by atoms with E-state index in [-0.39, 0.29) is 13.2 Å². The maximum Gasteiger partial charge on any atom is 0.325 e. The zero-order chi connectivity index (χ0) is 15.2. The molecule has 0 saturated carbocycles. The lowest BCUT2D eigenvalue weighted by Crippen LogP contribution is -2.34. The maximum absolute atomic E-state index is 11.7. The first-order valence-electron chi connectivity index (χ1n) is 6.36. The Bertz CT molecular complexity index is 676. The number of carbonyl (C=O) groups is 2. The SMILES string of the molecule is CCOC(=O)CNC(=O)Nc1cc2ccccc2c(Br)n1. The average Bonchev–Trinajstić information content (AvgIpc) is 2.45. The van der Waals surface area contributed by atoms with E-state index in [2.05, 4.69) is 31.5 Å². The highest BCUT2D eigenvalue weighted by Gasteiger charge is 2.08. The van der Waals surface area contributed by atoms with Gasteiger partial charge in [0.25, 0.3) is 0 Å². The topological polar surface area (TPSA) is 80.3 Å². The molecule has 0 aliphatic carbocycles. The van der Waals surface area contributed by atoms with Crippen molar-refractivity contribution < 1.29 is 14.3 Å². The number of aromatic nitrogens is 1. The van der Waals surface area contributed by atoms with Crippen molar-refractivity contribution in [3.8, 4) is 0 Å². The second-order valence-electron chi connectivity index (χ2n) is 4.13. The van der Waals surface area contributed by atoms with E-state index in [1.165, 1.54) is 0 Å². The number of pyridine rings is 1. The fourth-order valence-corrected chi connectivity index (χ4v) is 2.30. The van der Waals surface area contributed by atoms with Crippen LogP contribution in [-0.4, -0.2) is 30.1 Å². The number of esters is 1. The molecule has 6 nitrogen and oxygen atoms in total. The summed E-state index contributed by atoms with van der Waals surface area (Å²) in [5.41, 5.74) is 0. The molecule has 0 atom stereocenters. The number of hydrogen-bond donors (Lipinski definition) is 2. The van der Waals surface area contributed by atoms with Crippen molar-refractivity contribution >= 4 is 44.5 Å². The Morgan fingerprint density at radius 1 is 1.33 bits per heavy atom. The summed E-state index contributed by atoms with van der Waals surface area (Å²) in [7, 11) is 0. The Balaban J connectivity index is 2.02. The summed E-state index contributed by atoms with van der Waals surface area (Å²) in [6.45, 7) is 1.80. The van der Waals surface area contributed by atoms with Crippen LogP contribution in [0.5, 0.6) is 0 Å². The minimum atomic E-state index is -0.516. The molecular formula is C14H14BrN3O3. The van der Waals surface area contributed by atoms with Crippen LogP contribution in [-0.2, 0) is 9.53 Å². The van der Waals surface area contributed by atoms with Gasteiger partial charge < -0.3 is 10.1 Å². The van der Waals surface area contributed by atoms with E-state index in [1.807, 2.05) is 24.3 Å². The average molecular weight is 352 g/mol. The molecular weight excluding hydrogens is 338 g/mol. The molecule has 0 aliphatic heterocycles. The predicted octanol–water partition coefficient (Wildman–Crippen LogP) is 2.68. The lowest BCUT2D eigenvalue weighted by atomic mass is 10.2. The third kappa shape index (κ3) is 4.16. The first-order valence-corrected chi connectivity index (χ1v) is 7.15. The molecule has 1 aromatic heterocycles. The number of hydrogen-bond acceptors (Lipinski definition) is 4. The second-order valence-corrected chi connectivity index (χ2v) is 4.88. The highest BCUT2D eigenvalue weighted by Crippen LogP contribution is 2.24. The molecule has 21 heavy (non-hydrogen) atoms. The molecule has 0 bridgehead atoms. The van der Waals surface area contributed by atoms with Crippen LogP contribution in [0.1, 0.15) is 6.92 Å². The Hall–Kier alpha value is -2.15. The predicted molar refractivity (Wildman–Crippen MR) is 83.1 cm³/mol. The molecule has 1 heterocycles. The Morgan fingerprint density at radius 2 is 2.10 bits per heavy atom. The Labute approximate surface area is 130 Å². The van der Waals surface area contributed by atoms with Crippen molar-refractivity contribution in [2.24, 2.45) is 0 Å². The number of ether oxygens (including phenoxy) is 1. The van der Waals surface area contributed by atoms with Gasteiger partial charge in [0, 0.05) is 5.39 Å². The van der Waals surface area contributed by atoms with Crippen molar-refractivity contribution in [2.45, 2.75) is 6.92 Å². The van der Waals surface area contributed by atoms with Crippen LogP contribution in [0.15, 0.2) is 34.9 Å². The van der Waals surface area contributed by atoms with Gasteiger partial charge in [-0.25, -0.2) is 9.78 Å². The Kier molecular flexibility index (Phi) is 5.10. The molecule has 0 aliphatic rings. The molecule has 0 spiro atoms. The van der Waals surface area contributed by atoms with Crippen LogP contribution in [0, 0.1) is 0 Å². The normalized spacial score (nSPS) is 10.2. The summed E-state index contributed by atoms with van der Waals surface area (Å²) >= 11 is 3.36. The lowest BCUT2D eigenvalue weighted by molar-refractivity contribution is -0.141.